The lowest BCUT2D eigenvalue weighted by molar-refractivity contribution is -0.231. The molecule has 23 heavy (non-hydrogen) atoms. The first kappa shape index (κ1) is 15.7. The summed E-state index contributed by atoms with van der Waals surface area (Å²) in [4.78, 5) is 45.1. The number of hydrogen-bond acceptors (Lipinski definition) is 9. The van der Waals surface area contributed by atoms with Gasteiger partial charge in [-0.05, 0) is 0 Å². The van der Waals surface area contributed by atoms with Gasteiger partial charge in [-0.25, -0.2) is 0 Å². The van der Waals surface area contributed by atoms with Gasteiger partial charge in [0, 0.05) is 27.7 Å². The molecule has 0 N–H and O–H groups in total. The zero-order valence-electron chi connectivity index (χ0n) is 15.2. The third kappa shape index (κ3) is 6.23. The molecule has 0 bridgehead atoms. The first-order chi connectivity index (χ1) is 11.5. The minimum atomic E-state index is -2.39. The largest absolute Gasteiger partial charge is 0.463 e. The molecule has 0 aromatic carbocycles. The van der Waals surface area contributed by atoms with Gasteiger partial charge in [0.25, 0.3) is 0 Å². The number of carbonyl (C=O) groups excluding carboxylic acids is 4. The highest BCUT2D eigenvalue weighted by Crippen LogP contribution is 2.24. The molecule has 9 nitrogen and oxygen atoms in total. The molecule has 0 radical (unpaired) electrons. The van der Waals surface area contributed by atoms with Crippen molar-refractivity contribution in [3.63, 3.8) is 0 Å². The number of hydrogen-bond donors (Lipinski definition) is 0. The normalized spacial score (nSPS) is 32.6. The van der Waals surface area contributed by atoms with E-state index in [1.54, 1.807) is 0 Å². The van der Waals surface area contributed by atoms with Gasteiger partial charge in [0.15, 0.2) is 18.3 Å². The molecule has 0 aliphatic carbocycles. The fourth-order valence-corrected chi connectivity index (χ4v) is 1.90. The standard InChI is InChI=1S/C14H20O9/c1-7(15)19-5-11-13(22-9(3)17)14(23-10(4)18)12(6-20-11)21-8(2)16/h11-14H,5-6H2,1-4H3/t11-,12+,13-,14-/m1/s1/i5D,11D/t5?,11-,12+,13-,14-. The molecule has 0 amide bonds. The molecule has 1 fully saturated rings. The van der Waals surface area contributed by atoms with Crippen molar-refractivity contribution < 1.29 is 45.6 Å². The Balaban J connectivity index is 3.25. The van der Waals surface area contributed by atoms with E-state index < -0.39 is 61.5 Å². The average molecular weight is 334 g/mol. The van der Waals surface area contributed by atoms with Crippen LogP contribution in [0.5, 0.6) is 0 Å². The Labute approximate surface area is 136 Å². The summed E-state index contributed by atoms with van der Waals surface area (Å²) >= 11 is 0. The van der Waals surface area contributed by atoms with E-state index in [9.17, 15) is 19.2 Å². The molecule has 1 aliphatic rings. The first-order valence-corrected chi connectivity index (χ1v) is 6.72. The molecule has 0 aromatic heterocycles. The van der Waals surface area contributed by atoms with E-state index in [2.05, 4.69) is 4.74 Å². The Hall–Kier alpha value is -2.16. The maximum absolute atomic E-state index is 11.4. The van der Waals surface area contributed by atoms with E-state index in [0.717, 1.165) is 27.7 Å². The maximum Gasteiger partial charge on any atom is 0.303 e. The Kier molecular flexibility index (Phi) is 5.79. The van der Waals surface area contributed by atoms with Crippen molar-refractivity contribution in [3.05, 3.63) is 0 Å². The first-order valence-electron chi connectivity index (χ1n) is 7.80. The van der Waals surface area contributed by atoms with Crippen molar-refractivity contribution in [1.82, 2.24) is 0 Å². The summed E-state index contributed by atoms with van der Waals surface area (Å²) in [6, 6.07) is 0. The van der Waals surface area contributed by atoms with Crippen molar-refractivity contribution in [3.8, 4) is 0 Å². The number of rotatable bonds is 5. The quantitative estimate of drug-likeness (QED) is 0.495. The second kappa shape index (κ2) is 8.47. The highest BCUT2D eigenvalue weighted by atomic mass is 16.7. The third-order valence-electron chi connectivity index (χ3n) is 2.61. The van der Waals surface area contributed by atoms with Crippen LogP contribution in [0.15, 0.2) is 0 Å². The van der Waals surface area contributed by atoms with E-state index in [1.807, 2.05) is 0 Å². The van der Waals surface area contributed by atoms with Crippen LogP contribution in [0.3, 0.4) is 0 Å². The smallest absolute Gasteiger partial charge is 0.303 e. The zero-order valence-corrected chi connectivity index (χ0v) is 13.2. The molecule has 0 saturated carbocycles. The van der Waals surface area contributed by atoms with Crippen LogP contribution in [0.25, 0.3) is 0 Å². The summed E-state index contributed by atoms with van der Waals surface area (Å²) in [7, 11) is 0. The van der Waals surface area contributed by atoms with Crippen LogP contribution in [-0.2, 0) is 42.9 Å². The second-order valence-corrected chi connectivity index (χ2v) is 4.69. The summed E-state index contributed by atoms with van der Waals surface area (Å²) in [6.45, 7) is 1.90. The highest BCUT2D eigenvalue weighted by molar-refractivity contribution is 5.68. The van der Waals surface area contributed by atoms with Crippen molar-refractivity contribution in [1.29, 1.82) is 0 Å². The van der Waals surface area contributed by atoms with Gasteiger partial charge in [0.05, 0.1) is 9.35 Å². The summed E-state index contributed by atoms with van der Waals surface area (Å²) in [5.41, 5.74) is 0. The average Bonchev–Trinajstić information content (AvgIpc) is 2.43. The van der Waals surface area contributed by atoms with Gasteiger partial charge < -0.3 is 23.7 Å². The third-order valence-corrected chi connectivity index (χ3v) is 2.61. The van der Waals surface area contributed by atoms with Gasteiger partial charge in [-0.2, -0.15) is 0 Å². The van der Waals surface area contributed by atoms with Gasteiger partial charge in [0.2, 0.25) is 0 Å². The van der Waals surface area contributed by atoms with E-state index in [4.69, 9.17) is 21.7 Å². The molecule has 1 unspecified atom stereocenters. The molecule has 1 saturated heterocycles. The predicted octanol–water partition coefficient (Wildman–Crippen LogP) is -0.257. The van der Waals surface area contributed by atoms with Crippen LogP contribution in [0, 0.1) is 0 Å². The van der Waals surface area contributed by atoms with Crippen LogP contribution < -0.4 is 0 Å². The zero-order chi connectivity index (χ0) is 19.4. The molecule has 1 rings (SSSR count). The highest BCUT2D eigenvalue weighted by Gasteiger charge is 2.47. The summed E-state index contributed by atoms with van der Waals surface area (Å²) in [5, 5.41) is 0. The topological polar surface area (TPSA) is 114 Å². The molecule has 0 spiro atoms. The Bertz CT molecular complexity index is 552. The van der Waals surface area contributed by atoms with Gasteiger partial charge in [-0.15, -0.1) is 0 Å². The van der Waals surface area contributed by atoms with Crippen LogP contribution in [-0.4, -0.2) is 61.5 Å². The van der Waals surface area contributed by atoms with Crippen LogP contribution in [0.2, 0.25) is 0 Å². The molecule has 0 aromatic rings. The van der Waals surface area contributed by atoms with Crippen molar-refractivity contribution in [2.75, 3.05) is 13.2 Å². The van der Waals surface area contributed by atoms with Crippen molar-refractivity contribution >= 4 is 23.9 Å². The number of carbonyl (C=O) groups is 4. The Morgan fingerprint density at radius 1 is 0.957 bits per heavy atom. The lowest BCUT2D eigenvalue weighted by Crippen LogP contribution is -2.58. The molecule has 1 heterocycles. The predicted molar refractivity (Wildman–Crippen MR) is 73.0 cm³/mol. The fourth-order valence-electron chi connectivity index (χ4n) is 1.90. The van der Waals surface area contributed by atoms with Gasteiger partial charge in [0.1, 0.15) is 12.7 Å². The minimum Gasteiger partial charge on any atom is -0.463 e. The summed E-state index contributed by atoms with van der Waals surface area (Å²) in [6.07, 6.45) is -6.66. The Morgan fingerprint density at radius 2 is 1.48 bits per heavy atom. The molecular formula is C14H20O9. The maximum atomic E-state index is 11.4. The van der Waals surface area contributed by atoms with Gasteiger partial charge in [-0.3, -0.25) is 19.2 Å². The number of ether oxygens (including phenoxy) is 5. The number of esters is 4. The lowest BCUT2D eigenvalue weighted by atomic mass is 9.99. The van der Waals surface area contributed by atoms with Crippen molar-refractivity contribution in [2.45, 2.75) is 52.1 Å². The van der Waals surface area contributed by atoms with Crippen LogP contribution >= 0.6 is 0 Å². The second-order valence-electron chi connectivity index (χ2n) is 4.69. The molecular weight excluding hydrogens is 312 g/mol. The van der Waals surface area contributed by atoms with Crippen LogP contribution in [0.4, 0.5) is 0 Å². The van der Waals surface area contributed by atoms with Gasteiger partial charge in [-0.1, -0.05) is 0 Å². The molecule has 130 valence electrons. The van der Waals surface area contributed by atoms with E-state index in [-0.39, 0.29) is 0 Å². The van der Waals surface area contributed by atoms with E-state index >= 15 is 0 Å². The fraction of sp³-hybridized carbons (Fsp3) is 0.714. The lowest BCUT2D eigenvalue weighted by Gasteiger charge is -2.40. The van der Waals surface area contributed by atoms with E-state index in [1.165, 1.54) is 0 Å². The van der Waals surface area contributed by atoms with Crippen LogP contribution in [0.1, 0.15) is 30.4 Å². The summed E-state index contributed by atoms with van der Waals surface area (Å²) in [5.74, 6) is -3.23. The van der Waals surface area contributed by atoms with Crippen molar-refractivity contribution in [2.24, 2.45) is 0 Å². The molecule has 5 atom stereocenters. The summed E-state index contributed by atoms with van der Waals surface area (Å²) < 4.78 is 41.1. The minimum absolute atomic E-state index is 0.435. The Morgan fingerprint density at radius 3 is 1.96 bits per heavy atom. The SMILES string of the molecule is [2H]C(OC(C)=O)[C@@]1([2H])OC[C@H](OC(C)=O)[C@@H](OC(C)=O)[C@@H]1OC(C)=O. The monoisotopic (exact) mass is 334 g/mol. The molecule has 9 heteroatoms. The van der Waals surface area contributed by atoms with E-state index in [0.29, 0.717) is 0 Å². The molecule has 1 aliphatic heterocycles. The van der Waals surface area contributed by atoms with Gasteiger partial charge >= 0.3 is 23.9 Å².